The van der Waals surface area contributed by atoms with Gasteiger partial charge in [-0.05, 0) is 61.8 Å². The average Bonchev–Trinajstić information content (AvgIpc) is 3.19. The fourth-order valence-corrected chi connectivity index (χ4v) is 3.60. The lowest BCUT2D eigenvalue weighted by molar-refractivity contribution is 0.300. The molecule has 18 heavy (non-hydrogen) atoms. The number of hydrogen-bond donors (Lipinski definition) is 1. The Hall–Kier alpha value is -0.820. The quantitative estimate of drug-likeness (QED) is 0.847. The lowest BCUT2D eigenvalue weighted by atomic mass is 9.83. The maximum absolute atomic E-state index is 5.96. The van der Waals surface area contributed by atoms with E-state index in [1.807, 2.05) is 0 Å². The summed E-state index contributed by atoms with van der Waals surface area (Å²) in [6, 6.07) is 11.6. The first-order valence-corrected chi connectivity index (χ1v) is 7.63. The van der Waals surface area contributed by atoms with Crippen LogP contribution in [-0.4, -0.2) is 6.04 Å². The Kier molecular flexibility index (Phi) is 3.69. The Morgan fingerprint density at radius 2 is 1.67 bits per heavy atom. The lowest BCUT2D eigenvalue weighted by Gasteiger charge is -2.25. The first-order valence-electron chi connectivity index (χ1n) is 7.63. The van der Waals surface area contributed by atoms with Crippen LogP contribution in [0.15, 0.2) is 30.3 Å². The van der Waals surface area contributed by atoms with E-state index in [9.17, 15) is 0 Å². The van der Waals surface area contributed by atoms with Crippen LogP contribution >= 0.6 is 0 Å². The van der Waals surface area contributed by atoms with Crippen molar-refractivity contribution in [2.45, 2.75) is 56.9 Å². The molecule has 0 radical (unpaired) electrons. The molecule has 0 aliphatic heterocycles. The summed E-state index contributed by atoms with van der Waals surface area (Å²) in [5.74, 6) is 2.82. The first-order chi connectivity index (χ1) is 8.83. The van der Waals surface area contributed by atoms with Crippen LogP contribution in [-0.2, 0) is 0 Å². The third-order valence-corrected chi connectivity index (χ3v) is 4.99. The first kappa shape index (κ1) is 12.2. The molecule has 98 valence electrons. The predicted molar refractivity (Wildman–Crippen MR) is 76.5 cm³/mol. The molecule has 1 unspecified atom stereocenters. The van der Waals surface area contributed by atoms with Crippen LogP contribution in [0.5, 0.6) is 0 Å². The molecule has 2 aliphatic carbocycles. The third-order valence-electron chi connectivity index (χ3n) is 4.99. The van der Waals surface area contributed by atoms with Crippen molar-refractivity contribution >= 4 is 0 Å². The van der Waals surface area contributed by atoms with Gasteiger partial charge in [-0.3, -0.25) is 0 Å². The molecule has 0 saturated heterocycles. The van der Waals surface area contributed by atoms with E-state index in [0.29, 0.717) is 6.04 Å². The minimum atomic E-state index is 0.499. The van der Waals surface area contributed by atoms with Gasteiger partial charge in [-0.15, -0.1) is 0 Å². The summed E-state index contributed by atoms with van der Waals surface area (Å²) in [6.07, 6.45) is 9.60. The van der Waals surface area contributed by atoms with Crippen molar-refractivity contribution < 1.29 is 0 Å². The highest BCUT2D eigenvalue weighted by atomic mass is 14.6. The summed E-state index contributed by atoms with van der Waals surface area (Å²) < 4.78 is 0. The largest absolute Gasteiger partial charge is 0.328 e. The maximum Gasteiger partial charge on any atom is 0.00390 e. The van der Waals surface area contributed by atoms with Crippen molar-refractivity contribution in [3.63, 3.8) is 0 Å². The molecule has 1 heteroatoms. The molecule has 2 atom stereocenters. The van der Waals surface area contributed by atoms with Gasteiger partial charge < -0.3 is 5.73 Å². The second kappa shape index (κ2) is 5.44. The van der Waals surface area contributed by atoms with Gasteiger partial charge in [-0.2, -0.15) is 0 Å². The number of nitrogens with two attached hydrogens (primary N) is 1. The minimum absolute atomic E-state index is 0.499. The molecule has 0 aromatic heterocycles. The van der Waals surface area contributed by atoms with Gasteiger partial charge in [0.2, 0.25) is 0 Å². The number of benzene rings is 1. The molecular formula is C17H25N. The van der Waals surface area contributed by atoms with Crippen LogP contribution in [0, 0.1) is 11.8 Å². The molecule has 0 spiro atoms. The van der Waals surface area contributed by atoms with E-state index in [1.54, 1.807) is 5.56 Å². The van der Waals surface area contributed by atoms with Gasteiger partial charge in [-0.1, -0.05) is 36.8 Å². The molecule has 2 N–H and O–H groups in total. The van der Waals surface area contributed by atoms with Gasteiger partial charge in [0.25, 0.3) is 0 Å². The van der Waals surface area contributed by atoms with Crippen molar-refractivity contribution in [3.8, 4) is 0 Å². The van der Waals surface area contributed by atoms with Crippen LogP contribution in [0.2, 0.25) is 0 Å². The highest BCUT2D eigenvalue weighted by Crippen LogP contribution is 2.50. The summed E-state index contributed by atoms with van der Waals surface area (Å²) in [5.41, 5.74) is 7.53. The van der Waals surface area contributed by atoms with Gasteiger partial charge in [0.15, 0.2) is 0 Å². The van der Waals surface area contributed by atoms with Crippen LogP contribution in [0.3, 0.4) is 0 Å². The van der Waals surface area contributed by atoms with Crippen molar-refractivity contribution in [1.29, 1.82) is 0 Å². The van der Waals surface area contributed by atoms with Crippen LogP contribution in [0.1, 0.15) is 56.4 Å². The molecule has 1 aromatic rings. The topological polar surface area (TPSA) is 26.0 Å². The van der Waals surface area contributed by atoms with Crippen LogP contribution in [0.25, 0.3) is 0 Å². The number of rotatable bonds is 4. The summed E-state index contributed by atoms with van der Waals surface area (Å²) in [6.45, 7) is 0. The fourth-order valence-electron chi connectivity index (χ4n) is 3.60. The maximum atomic E-state index is 5.96. The van der Waals surface area contributed by atoms with Gasteiger partial charge in [0.05, 0.1) is 0 Å². The third kappa shape index (κ3) is 2.95. The molecule has 0 amide bonds. The number of hydrogen-bond acceptors (Lipinski definition) is 1. The van der Waals surface area contributed by atoms with E-state index in [2.05, 4.69) is 30.3 Å². The standard InChI is InChI=1S/C17H25N/c18-16-10-7-13(8-11-16)6-9-15-12-17(15)14-4-2-1-3-5-14/h1-5,13,15-17H,6-12,18H2/t13?,15-,16?,17?/m0/s1. The highest BCUT2D eigenvalue weighted by Gasteiger charge is 2.37. The normalized spacial score (nSPS) is 35.4. The zero-order valence-electron chi connectivity index (χ0n) is 11.2. The van der Waals surface area contributed by atoms with Crippen molar-refractivity contribution in [2.75, 3.05) is 0 Å². The molecular weight excluding hydrogens is 218 g/mol. The molecule has 1 aromatic carbocycles. The SMILES string of the molecule is NC1CCC(CC[C@H]2CC2c2ccccc2)CC1. The van der Waals surface area contributed by atoms with Gasteiger partial charge >= 0.3 is 0 Å². The Balaban J connectivity index is 1.41. The van der Waals surface area contributed by atoms with Crippen molar-refractivity contribution in [3.05, 3.63) is 35.9 Å². The molecule has 1 nitrogen and oxygen atoms in total. The van der Waals surface area contributed by atoms with Crippen LogP contribution < -0.4 is 5.73 Å². The Morgan fingerprint density at radius 3 is 2.39 bits per heavy atom. The van der Waals surface area contributed by atoms with E-state index >= 15 is 0 Å². The van der Waals surface area contributed by atoms with E-state index in [-0.39, 0.29) is 0 Å². The summed E-state index contributed by atoms with van der Waals surface area (Å²) >= 11 is 0. The van der Waals surface area contributed by atoms with Gasteiger partial charge in [-0.25, -0.2) is 0 Å². The highest BCUT2D eigenvalue weighted by molar-refractivity contribution is 5.25. The molecule has 2 aliphatic rings. The summed E-state index contributed by atoms with van der Waals surface area (Å²) in [4.78, 5) is 0. The van der Waals surface area contributed by atoms with Crippen molar-refractivity contribution in [2.24, 2.45) is 17.6 Å². The van der Waals surface area contributed by atoms with Crippen LogP contribution in [0.4, 0.5) is 0 Å². The Bertz CT molecular complexity index is 364. The van der Waals surface area contributed by atoms with E-state index in [1.165, 1.54) is 44.9 Å². The molecule has 0 bridgehead atoms. The fraction of sp³-hybridized carbons (Fsp3) is 0.647. The predicted octanol–water partition coefficient (Wildman–Crippen LogP) is 4.09. The summed E-state index contributed by atoms with van der Waals surface area (Å²) in [5, 5.41) is 0. The van der Waals surface area contributed by atoms with Crippen molar-refractivity contribution in [1.82, 2.24) is 0 Å². The monoisotopic (exact) mass is 243 g/mol. The van der Waals surface area contributed by atoms with Gasteiger partial charge in [0.1, 0.15) is 0 Å². The van der Waals surface area contributed by atoms with E-state index in [4.69, 9.17) is 5.73 Å². The summed E-state index contributed by atoms with van der Waals surface area (Å²) in [7, 11) is 0. The second-order valence-electron chi connectivity index (χ2n) is 6.37. The molecule has 0 heterocycles. The smallest absolute Gasteiger partial charge is 0.00390 e. The molecule has 3 rings (SSSR count). The minimum Gasteiger partial charge on any atom is -0.328 e. The lowest BCUT2D eigenvalue weighted by Crippen LogP contribution is -2.26. The average molecular weight is 243 g/mol. The van der Waals surface area contributed by atoms with E-state index < -0.39 is 0 Å². The Morgan fingerprint density at radius 1 is 0.944 bits per heavy atom. The molecule has 2 saturated carbocycles. The molecule has 2 fully saturated rings. The zero-order valence-corrected chi connectivity index (χ0v) is 11.2. The second-order valence-corrected chi connectivity index (χ2v) is 6.37. The van der Waals surface area contributed by atoms with Gasteiger partial charge in [0, 0.05) is 6.04 Å². The Labute approximate surface area is 111 Å². The van der Waals surface area contributed by atoms with E-state index in [0.717, 1.165) is 17.8 Å². The zero-order chi connectivity index (χ0) is 12.4.